The summed E-state index contributed by atoms with van der Waals surface area (Å²) in [5, 5.41) is 0. The second-order valence-corrected chi connectivity index (χ2v) is 12.9. The first-order valence-corrected chi connectivity index (χ1v) is 15.0. The predicted molar refractivity (Wildman–Crippen MR) is 143 cm³/mol. The number of sulfonamides is 2. The molecule has 0 radical (unpaired) electrons. The van der Waals surface area contributed by atoms with Crippen LogP contribution in [0.2, 0.25) is 0 Å². The zero-order valence-corrected chi connectivity index (χ0v) is 22.2. The molecule has 0 saturated heterocycles. The van der Waals surface area contributed by atoms with E-state index in [1.54, 1.807) is 54.7 Å². The summed E-state index contributed by atoms with van der Waals surface area (Å²) < 4.78 is 56.4. The molecule has 4 rings (SSSR count). The Bertz CT molecular complexity index is 1420. The molecule has 1 aliphatic rings. The highest BCUT2D eigenvalue weighted by Gasteiger charge is 2.28. The Morgan fingerprint density at radius 3 is 2.00 bits per heavy atom. The van der Waals surface area contributed by atoms with Crippen LogP contribution in [0.5, 0.6) is 0 Å². The first-order valence-electron chi connectivity index (χ1n) is 12.1. The molecule has 36 heavy (non-hydrogen) atoms. The van der Waals surface area contributed by atoms with Crippen molar-refractivity contribution in [2.24, 2.45) is 0 Å². The molecule has 6 nitrogen and oxygen atoms in total. The highest BCUT2D eigenvalue weighted by atomic mass is 32.2. The average Bonchev–Trinajstić information content (AvgIpc) is 2.88. The molecule has 1 unspecified atom stereocenters. The summed E-state index contributed by atoms with van der Waals surface area (Å²) in [5.74, 6) is -0.108. The zero-order chi connectivity index (χ0) is 25.8. The van der Waals surface area contributed by atoms with Crippen LogP contribution >= 0.6 is 0 Å². The standard InChI is InChI=1S/C28H32N2O4S2/c1-22-10-14-26(15-11-22)35(31,32)29-19-18-28(24-7-4-3-5-8-24)25-9-6-20-30(21-25)36(33,34)27-16-12-23(2)13-17-27/h3-5,7-8,10-17,21,28-29H,6,9,18-20H2,1-2H3. The molecule has 0 spiro atoms. The van der Waals surface area contributed by atoms with Crippen molar-refractivity contribution in [1.29, 1.82) is 0 Å². The monoisotopic (exact) mass is 524 g/mol. The van der Waals surface area contributed by atoms with Gasteiger partial charge in [-0.1, -0.05) is 65.7 Å². The van der Waals surface area contributed by atoms with Gasteiger partial charge in [-0.2, -0.15) is 0 Å². The third-order valence-corrected chi connectivity index (χ3v) is 9.74. The lowest BCUT2D eigenvalue weighted by Crippen LogP contribution is -2.31. The molecular formula is C28H32N2O4S2. The first kappa shape index (κ1) is 26.1. The van der Waals surface area contributed by atoms with E-state index in [1.165, 1.54) is 4.31 Å². The summed E-state index contributed by atoms with van der Waals surface area (Å²) in [5.41, 5.74) is 4.01. The van der Waals surface area contributed by atoms with Crippen molar-refractivity contribution in [1.82, 2.24) is 9.03 Å². The fraction of sp³-hybridized carbons (Fsp3) is 0.286. The van der Waals surface area contributed by atoms with Gasteiger partial charge in [-0.3, -0.25) is 4.31 Å². The largest absolute Gasteiger partial charge is 0.273 e. The summed E-state index contributed by atoms with van der Waals surface area (Å²) in [6.45, 7) is 4.49. The summed E-state index contributed by atoms with van der Waals surface area (Å²) >= 11 is 0. The van der Waals surface area contributed by atoms with E-state index in [0.29, 0.717) is 19.4 Å². The Morgan fingerprint density at radius 2 is 1.39 bits per heavy atom. The maximum atomic E-state index is 13.3. The van der Waals surface area contributed by atoms with Crippen LogP contribution in [0.4, 0.5) is 0 Å². The van der Waals surface area contributed by atoms with Crippen LogP contribution in [0.25, 0.3) is 0 Å². The lowest BCUT2D eigenvalue weighted by molar-refractivity contribution is 0.456. The fourth-order valence-electron chi connectivity index (χ4n) is 4.44. The predicted octanol–water partition coefficient (Wildman–Crippen LogP) is 5.12. The smallest absolute Gasteiger partial charge is 0.263 e. The van der Waals surface area contributed by atoms with E-state index in [9.17, 15) is 16.8 Å². The third kappa shape index (κ3) is 6.06. The van der Waals surface area contributed by atoms with Crippen molar-refractivity contribution in [2.75, 3.05) is 13.1 Å². The molecule has 3 aromatic rings. The summed E-state index contributed by atoms with van der Waals surface area (Å²) in [6, 6.07) is 23.5. The van der Waals surface area contributed by atoms with Gasteiger partial charge >= 0.3 is 0 Å². The fourth-order valence-corrected chi connectivity index (χ4v) is 6.88. The van der Waals surface area contributed by atoms with Gasteiger partial charge in [0.1, 0.15) is 0 Å². The lowest BCUT2D eigenvalue weighted by Gasteiger charge is -2.30. The molecule has 1 heterocycles. The zero-order valence-electron chi connectivity index (χ0n) is 20.6. The maximum Gasteiger partial charge on any atom is 0.263 e. The average molecular weight is 525 g/mol. The molecule has 0 aliphatic carbocycles. The molecule has 1 aliphatic heterocycles. The van der Waals surface area contributed by atoms with Crippen LogP contribution in [0, 0.1) is 13.8 Å². The lowest BCUT2D eigenvalue weighted by atomic mass is 9.85. The molecule has 190 valence electrons. The minimum Gasteiger partial charge on any atom is -0.273 e. The number of hydrogen-bond donors (Lipinski definition) is 1. The SMILES string of the molecule is Cc1ccc(S(=O)(=O)NCCC(C2=CN(S(=O)(=O)c3ccc(C)cc3)CCC2)c2ccccc2)cc1. The number of nitrogens with one attached hydrogen (secondary N) is 1. The second-order valence-electron chi connectivity index (χ2n) is 9.20. The van der Waals surface area contributed by atoms with Gasteiger partial charge in [0.15, 0.2) is 0 Å². The van der Waals surface area contributed by atoms with Crippen LogP contribution in [0.3, 0.4) is 0 Å². The molecule has 0 amide bonds. The molecule has 0 fully saturated rings. The Morgan fingerprint density at radius 1 is 0.806 bits per heavy atom. The van der Waals surface area contributed by atoms with E-state index in [1.807, 2.05) is 44.2 Å². The minimum atomic E-state index is -3.67. The molecule has 0 bridgehead atoms. The summed E-state index contributed by atoms with van der Waals surface area (Å²) in [7, 11) is -7.30. The molecule has 1 N–H and O–H groups in total. The number of allylic oxidation sites excluding steroid dienone is 1. The van der Waals surface area contributed by atoms with E-state index >= 15 is 0 Å². The number of benzene rings is 3. The van der Waals surface area contributed by atoms with E-state index in [2.05, 4.69) is 4.72 Å². The van der Waals surface area contributed by atoms with E-state index < -0.39 is 20.0 Å². The van der Waals surface area contributed by atoms with Crippen molar-refractivity contribution in [3.63, 3.8) is 0 Å². The minimum absolute atomic E-state index is 0.108. The van der Waals surface area contributed by atoms with Gasteiger partial charge in [-0.25, -0.2) is 21.6 Å². The Kier molecular flexibility index (Phi) is 7.97. The van der Waals surface area contributed by atoms with Crippen LogP contribution in [-0.2, 0) is 20.0 Å². The van der Waals surface area contributed by atoms with Crippen LogP contribution in [0.15, 0.2) is 100 Å². The summed E-state index contributed by atoms with van der Waals surface area (Å²) in [4.78, 5) is 0.504. The molecule has 0 aromatic heterocycles. The van der Waals surface area contributed by atoms with Gasteiger partial charge in [0.25, 0.3) is 10.0 Å². The molecule has 3 aromatic carbocycles. The molecule has 0 saturated carbocycles. The van der Waals surface area contributed by atoms with Crippen molar-refractivity contribution in [3.8, 4) is 0 Å². The topological polar surface area (TPSA) is 83.6 Å². The van der Waals surface area contributed by atoms with Crippen molar-refractivity contribution in [2.45, 2.75) is 48.8 Å². The molecular weight excluding hydrogens is 492 g/mol. The van der Waals surface area contributed by atoms with Crippen LogP contribution in [-0.4, -0.2) is 34.2 Å². The van der Waals surface area contributed by atoms with Gasteiger partial charge < -0.3 is 0 Å². The Labute approximate surface area is 214 Å². The maximum absolute atomic E-state index is 13.3. The van der Waals surface area contributed by atoms with Gasteiger partial charge in [-0.15, -0.1) is 0 Å². The quantitative estimate of drug-likeness (QED) is 0.421. The molecule has 1 atom stereocenters. The number of rotatable bonds is 9. The second kappa shape index (κ2) is 11.0. The number of aryl methyl sites for hydroxylation is 2. The van der Waals surface area contributed by atoms with Crippen LogP contribution in [0.1, 0.15) is 41.9 Å². The highest BCUT2D eigenvalue weighted by Crippen LogP contribution is 2.34. The van der Waals surface area contributed by atoms with E-state index in [0.717, 1.165) is 28.7 Å². The normalized spacial score (nSPS) is 15.4. The van der Waals surface area contributed by atoms with Gasteiger partial charge in [0.05, 0.1) is 9.79 Å². The van der Waals surface area contributed by atoms with Crippen molar-refractivity contribution >= 4 is 20.0 Å². The Balaban J connectivity index is 1.57. The summed E-state index contributed by atoms with van der Waals surface area (Å²) in [6.07, 6.45) is 3.73. The van der Waals surface area contributed by atoms with Crippen molar-refractivity contribution < 1.29 is 16.8 Å². The van der Waals surface area contributed by atoms with E-state index in [4.69, 9.17) is 0 Å². The number of hydrogen-bond acceptors (Lipinski definition) is 4. The van der Waals surface area contributed by atoms with Crippen LogP contribution < -0.4 is 4.72 Å². The molecule has 8 heteroatoms. The van der Waals surface area contributed by atoms with Crippen molar-refractivity contribution in [3.05, 3.63) is 107 Å². The Hall–Kier alpha value is -2.94. The first-order chi connectivity index (χ1) is 17.2. The van der Waals surface area contributed by atoms with E-state index in [-0.39, 0.29) is 22.3 Å². The van der Waals surface area contributed by atoms with Gasteiger partial charge in [-0.05, 0) is 68.5 Å². The third-order valence-electron chi connectivity index (χ3n) is 6.49. The van der Waals surface area contributed by atoms with Gasteiger partial charge in [0, 0.05) is 25.2 Å². The number of nitrogens with zero attached hydrogens (tertiary/aromatic N) is 1. The highest BCUT2D eigenvalue weighted by molar-refractivity contribution is 7.89. The van der Waals surface area contributed by atoms with Gasteiger partial charge in [0.2, 0.25) is 10.0 Å².